The number of rotatable bonds is 15. The lowest BCUT2D eigenvalue weighted by atomic mass is 10.2. The van der Waals surface area contributed by atoms with Crippen LogP contribution in [0.15, 0.2) is 60.7 Å². The van der Waals surface area contributed by atoms with Crippen LogP contribution in [-0.2, 0) is 27.4 Å². The zero-order chi connectivity index (χ0) is 23.6. The molecule has 0 aliphatic rings. The van der Waals surface area contributed by atoms with Gasteiger partial charge in [-0.1, -0.05) is 60.7 Å². The molecule has 0 aliphatic heterocycles. The fourth-order valence-electron chi connectivity index (χ4n) is 2.89. The predicted molar refractivity (Wildman–Crippen MR) is 126 cm³/mol. The van der Waals surface area contributed by atoms with Crippen molar-refractivity contribution >= 4 is 12.2 Å². The second kappa shape index (κ2) is 16.5. The first-order chi connectivity index (χ1) is 16.2. The molecular formula is C24H34N4O5. The minimum absolute atomic E-state index is 0.221. The molecular weight excluding hydrogens is 424 g/mol. The van der Waals surface area contributed by atoms with Crippen LogP contribution < -0.4 is 16.4 Å². The largest absolute Gasteiger partial charge is 0.445 e. The third kappa shape index (κ3) is 12.5. The molecule has 4 N–H and O–H groups in total. The summed E-state index contributed by atoms with van der Waals surface area (Å²) in [4.78, 5) is 25.9. The van der Waals surface area contributed by atoms with Crippen molar-refractivity contribution in [3.05, 3.63) is 71.8 Å². The van der Waals surface area contributed by atoms with E-state index in [1.807, 2.05) is 60.7 Å². The van der Waals surface area contributed by atoms with Gasteiger partial charge in [0.1, 0.15) is 13.2 Å². The smallest absolute Gasteiger partial charge is 0.407 e. The fourth-order valence-corrected chi connectivity index (χ4v) is 2.89. The number of nitrogens with zero attached hydrogens (tertiary/aromatic N) is 1. The molecule has 0 bridgehead atoms. The van der Waals surface area contributed by atoms with E-state index in [0.29, 0.717) is 52.5 Å². The highest BCUT2D eigenvalue weighted by atomic mass is 16.6. The Labute approximate surface area is 195 Å². The summed E-state index contributed by atoms with van der Waals surface area (Å²) in [5.41, 5.74) is 7.31. The van der Waals surface area contributed by atoms with Crippen molar-refractivity contribution in [3.63, 3.8) is 0 Å². The first-order valence-electron chi connectivity index (χ1n) is 11.1. The van der Waals surface area contributed by atoms with Gasteiger partial charge < -0.3 is 30.6 Å². The highest BCUT2D eigenvalue weighted by molar-refractivity contribution is 5.67. The van der Waals surface area contributed by atoms with Crippen molar-refractivity contribution in [1.82, 2.24) is 15.5 Å². The molecule has 0 spiro atoms. The Hall–Kier alpha value is -3.14. The van der Waals surface area contributed by atoms with Crippen molar-refractivity contribution < 1.29 is 23.8 Å². The Bertz CT molecular complexity index is 730. The van der Waals surface area contributed by atoms with Crippen LogP contribution in [-0.4, -0.2) is 69.6 Å². The van der Waals surface area contributed by atoms with Crippen LogP contribution in [0.4, 0.5) is 9.59 Å². The Balaban J connectivity index is 1.65. The molecule has 2 rings (SSSR count). The third-order valence-corrected chi connectivity index (χ3v) is 4.63. The summed E-state index contributed by atoms with van der Waals surface area (Å²) < 4.78 is 15.9. The lowest BCUT2D eigenvalue weighted by molar-refractivity contribution is 0.106. The van der Waals surface area contributed by atoms with Gasteiger partial charge in [-0.25, -0.2) is 9.59 Å². The number of hydrogen-bond acceptors (Lipinski definition) is 7. The first kappa shape index (κ1) is 26.1. The van der Waals surface area contributed by atoms with Gasteiger partial charge in [0.2, 0.25) is 0 Å². The van der Waals surface area contributed by atoms with Crippen LogP contribution in [0.3, 0.4) is 0 Å². The molecule has 9 heteroatoms. The van der Waals surface area contributed by atoms with Crippen LogP contribution >= 0.6 is 0 Å². The minimum Gasteiger partial charge on any atom is -0.445 e. The number of ether oxygens (including phenoxy) is 3. The normalized spacial score (nSPS) is 10.6. The average Bonchev–Trinajstić information content (AvgIpc) is 2.85. The van der Waals surface area contributed by atoms with E-state index in [-0.39, 0.29) is 13.2 Å². The maximum atomic E-state index is 11.9. The molecule has 0 saturated heterocycles. The highest BCUT2D eigenvalue weighted by Gasteiger charge is 2.09. The van der Waals surface area contributed by atoms with Gasteiger partial charge in [-0.15, -0.1) is 0 Å². The van der Waals surface area contributed by atoms with E-state index >= 15 is 0 Å². The van der Waals surface area contributed by atoms with Gasteiger partial charge in [-0.3, -0.25) is 4.90 Å². The number of nitrogens with two attached hydrogens (primary N) is 1. The quantitative estimate of drug-likeness (QED) is 0.350. The number of amides is 2. The second-order valence-electron chi connectivity index (χ2n) is 7.22. The van der Waals surface area contributed by atoms with Gasteiger partial charge in [0.15, 0.2) is 0 Å². The number of carbonyl (C=O) groups is 2. The second-order valence-corrected chi connectivity index (χ2v) is 7.22. The summed E-state index contributed by atoms with van der Waals surface area (Å²) in [6, 6.07) is 19.0. The number of nitrogens with one attached hydrogen (secondary N) is 2. The first-order valence-corrected chi connectivity index (χ1v) is 11.1. The van der Waals surface area contributed by atoms with Gasteiger partial charge in [0.05, 0.1) is 13.2 Å². The van der Waals surface area contributed by atoms with E-state index in [0.717, 1.165) is 11.1 Å². The van der Waals surface area contributed by atoms with Gasteiger partial charge in [0.25, 0.3) is 0 Å². The lowest BCUT2D eigenvalue weighted by Crippen LogP contribution is -2.41. The van der Waals surface area contributed by atoms with Crippen LogP contribution in [0.5, 0.6) is 0 Å². The maximum absolute atomic E-state index is 11.9. The molecule has 0 atom stereocenters. The molecule has 2 aromatic rings. The Kier molecular flexibility index (Phi) is 13.0. The van der Waals surface area contributed by atoms with Crippen molar-refractivity contribution in [2.24, 2.45) is 5.73 Å². The highest BCUT2D eigenvalue weighted by Crippen LogP contribution is 2.01. The van der Waals surface area contributed by atoms with Gasteiger partial charge in [-0.2, -0.15) is 0 Å². The van der Waals surface area contributed by atoms with Crippen LogP contribution in [0.25, 0.3) is 0 Å². The van der Waals surface area contributed by atoms with E-state index in [4.69, 9.17) is 19.9 Å². The number of alkyl carbamates (subject to hydrolysis) is 2. The topological polar surface area (TPSA) is 115 Å². The van der Waals surface area contributed by atoms with Crippen LogP contribution in [0.1, 0.15) is 11.1 Å². The summed E-state index contributed by atoms with van der Waals surface area (Å²) in [6.45, 7) is 4.50. The molecule has 0 aromatic heterocycles. The van der Waals surface area contributed by atoms with Crippen molar-refractivity contribution in [3.8, 4) is 0 Å². The van der Waals surface area contributed by atoms with Gasteiger partial charge >= 0.3 is 12.2 Å². The molecule has 2 aromatic carbocycles. The molecule has 0 fully saturated rings. The Morgan fingerprint density at radius 1 is 0.727 bits per heavy atom. The fraction of sp³-hybridized carbons (Fsp3) is 0.417. The number of benzene rings is 2. The molecule has 0 saturated carbocycles. The Morgan fingerprint density at radius 2 is 1.21 bits per heavy atom. The summed E-state index contributed by atoms with van der Waals surface area (Å²) in [7, 11) is 0. The van der Waals surface area contributed by atoms with E-state index in [1.165, 1.54) is 0 Å². The molecule has 180 valence electrons. The van der Waals surface area contributed by atoms with Crippen molar-refractivity contribution in [2.75, 3.05) is 52.5 Å². The molecule has 2 amide bonds. The van der Waals surface area contributed by atoms with Crippen molar-refractivity contribution in [1.29, 1.82) is 0 Å². The molecule has 9 nitrogen and oxygen atoms in total. The molecule has 0 heterocycles. The summed E-state index contributed by atoms with van der Waals surface area (Å²) in [6.07, 6.45) is -0.943. The lowest BCUT2D eigenvalue weighted by Gasteiger charge is -2.22. The molecule has 0 radical (unpaired) electrons. The number of hydrogen-bond donors (Lipinski definition) is 3. The van der Waals surface area contributed by atoms with E-state index in [2.05, 4.69) is 15.5 Å². The Morgan fingerprint density at radius 3 is 1.67 bits per heavy atom. The van der Waals surface area contributed by atoms with Crippen molar-refractivity contribution in [2.45, 2.75) is 13.2 Å². The predicted octanol–water partition coefficient (Wildman–Crippen LogP) is 2.12. The zero-order valence-electron chi connectivity index (χ0n) is 18.9. The monoisotopic (exact) mass is 458 g/mol. The average molecular weight is 459 g/mol. The van der Waals surface area contributed by atoms with E-state index in [1.54, 1.807) is 0 Å². The van der Waals surface area contributed by atoms with Gasteiger partial charge in [0, 0.05) is 39.3 Å². The molecule has 0 aliphatic carbocycles. The third-order valence-electron chi connectivity index (χ3n) is 4.63. The van der Waals surface area contributed by atoms with Crippen LogP contribution in [0.2, 0.25) is 0 Å². The van der Waals surface area contributed by atoms with E-state index in [9.17, 15) is 9.59 Å². The minimum atomic E-state index is -0.471. The molecule has 0 unspecified atom stereocenters. The standard InChI is InChI=1S/C24H34N4O5/c25-11-17-31-18-16-28(14-12-26-23(29)32-19-21-7-3-1-4-8-21)15-13-27-24(30)33-20-22-9-5-2-6-10-22/h1-10H,11-20,25H2,(H,26,29)(H,27,30). The van der Waals surface area contributed by atoms with Crippen LogP contribution in [0, 0.1) is 0 Å². The molecule has 33 heavy (non-hydrogen) atoms. The SMILES string of the molecule is NCCOCCN(CCNC(=O)OCc1ccccc1)CCNC(=O)OCc1ccccc1. The summed E-state index contributed by atoms with van der Waals surface area (Å²) >= 11 is 0. The maximum Gasteiger partial charge on any atom is 0.407 e. The van der Waals surface area contributed by atoms with Gasteiger partial charge in [-0.05, 0) is 11.1 Å². The summed E-state index contributed by atoms with van der Waals surface area (Å²) in [5, 5.41) is 5.49. The number of carbonyl (C=O) groups excluding carboxylic acids is 2. The zero-order valence-corrected chi connectivity index (χ0v) is 18.9. The van der Waals surface area contributed by atoms with E-state index < -0.39 is 12.2 Å². The summed E-state index contributed by atoms with van der Waals surface area (Å²) in [5.74, 6) is 0.